The van der Waals surface area contributed by atoms with Crippen LogP contribution in [0.15, 0.2) is 48.5 Å². The summed E-state index contributed by atoms with van der Waals surface area (Å²) in [6, 6.07) is 14.2. The van der Waals surface area contributed by atoms with Crippen molar-refractivity contribution < 1.29 is 23.2 Å². The third-order valence-electron chi connectivity index (χ3n) is 6.00. The molecule has 2 fully saturated rings. The van der Waals surface area contributed by atoms with Crippen LogP contribution in [0.25, 0.3) is 0 Å². The number of likely N-dealkylation sites (tertiary alicyclic amines) is 1. The number of hydrogen-bond donors (Lipinski definition) is 2. The number of carbonyl (C=O) groups is 3. The summed E-state index contributed by atoms with van der Waals surface area (Å²) >= 11 is 0. The van der Waals surface area contributed by atoms with Crippen molar-refractivity contribution in [1.82, 2.24) is 10.2 Å². The van der Waals surface area contributed by atoms with Crippen LogP contribution < -0.4 is 10.6 Å². The van der Waals surface area contributed by atoms with E-state index in [0.717, 1.165) is 11.1 Å². The van der Waals surface area contributed by atoms with Gasteiger partial charge in [0.25, 0.3) is 11.8 Å². The second-order valence-corrected chi connectivity index (χ2v) is 8.41. The van der Waals surface area contributed by atoms with E-state index >= 15 is 0 Å². The highest BCUT2D eigenvalue weighted by molar-refractivity contribution is 6.04. The maximum absolute atomic E-state index is 13.3. The van der Waals surface area contributed by atoms with Crippen LogP contribution in [-0.2, 0) is 16.1 Å². The zero-order valence-electron chi connectivity index (χ0n) is 17.6. The van der Waals surface area contributed by atoms with E-state index in [1.165, 1.54) is 0 Å². The van der Waals surface area contributed by atoms with Crippen molar-refractivity contribution in [2.75, 3.05) is 18.4 Å². The predicted octanol–water partition coefficient (Wildman–Crippen LogP) is 3.69. The van der Waals surface area contributed by atoms with Crippen molar-refractivity contribution in [2.24, 2.45) is 0 Å². The van der Waals surface area contributed by atoms with Crippen LogP contribution in [-0.4, -0.2) is 41.6 Å². The molecule has 2 aromatic carbocycles. The molecule has 6 nitrogen and oxygen atoms in total. The molecule has 1 unspecified atom stereocenters. The van der Waals surface area contributed by atoms with E-state index in [2.05, 4.69) is 10.6 Å². The molecule has 32 heavy (non-hydrogen) atoms. The molecule has 2 N–H and O–H groups in total. The molecule has 8 heteroatoms. The molecule has 2 aromatic rings. The zero-order chi connectivity index (χ0) is 22.7. The van der Waals surface area contributed by atoms with Gasteiger partial charge in [0.15, 0.2) is 0 Å². The van der Waals surface area contributed by atoms with E-state index in [1.54, 1.807) is 36.4 Å². The molecule has 2 heterocycles. The standard InChI is InChI=1S/C24H25F2N3O3/c25-24(26)10-12-29(13-11-24)15-16-4-6-17(7-5-16)22(31)27-19-3-1-2-18(14-19)20-8-9-21(30)28-23(20)32/h1-7,14,20H,8-13,15H2,(H,27,31)(H,28,30,32). The second-order valence-electron chi connectivity index (χ2n) is 8.41. The fourth-order valence-corrected chi connectivity index (χ4v) is 4.11. The number of nitrogens with one attached hydrogen (secondary N) is 2. The highest BCUT2D eigenvalue weighted by atomic mass is 19.3. The second kappa shape index (κ2) is 9.16. The summed E-state index contributed by atoms with van der Waals surface area (Å²) in [6.45, 7) is 1.30. The van der Waals surface area contributed by atoms with E-state index < -0.39 is 11.8 Å². The van der Waals surface area contributed by atoms with Gasteiger partial charge < -0.3 is 5.32 Å². The molecule has 2 aliphatic heterocycles. The smallest absolute Gasteiger partial charge is 0.255 e. The SMILES string of the molecule is O=C1CCC(c2cccc(NC(=O)c3ccc(CN4CCC(F)(F)CC4)cc3)c2)C(=O)N1. The number of anilines is 1. The van der Waals surface area contributed by atoms with Crippen LogP contribution in [0.1, 0.15) is 53.1 Å². The van der Waals surface area contributed by atoms with Crippen molar-refractivity contribution in [3.8, 4) is 0 Å². The van der Waals surface area contributed by atoms with Crippen LogP contribution in [0.4, 0.5) is 14.5 Å². The first-order chi connectivity index (χ1) is 15.3. The van der Waals surface area contributed by atoms with Gasteiger partial charge in [0, 0.05) is 50.1 Å². The Morgan fingerprint density at radius 3 is 2.50 bits per heavy atom. The molecule has 0 spiro atoms. The molecule has 0 radical (unpaired) electrons. The minimum Gasteiger partial charge on any atom is -0.322 e. The van der Waals surface area contributed by atoms with Gasteiger partial charge in [-0.25, -0.2) is 8.78 Å². The highest BCUT2D eigenvalue weighted by Gasteiger charge is 2.33. The molecular formula is C24H25F2N3O3. The Morgan fingerprint density at radius 1 is 1.09 bits per heavy atom. The first-order valence-electron chi connectivity index (χ1n) is 10.7. The normalized spacial score (nSPS) is 21.1. The molecule has 0 aromatic heterocycles. The number of benzene rings is 2. The Hall–Kier alpha value is -3.13. The Labute approximate surface area is 185 Å². The summed E-state index contributed by atoms with van der Waals surface area (Å²) in [5.41, 5.74) is 2.75. The van der Waals surface area contributed by atoms with Crippen molar-refractivity contribution in [3.05, 3.63) is 65.2 Å². The van der Waals surface area contributed by atoms with E-state index in [0.29, 0.717) is 43.7 Å². The van der Waals surface area contributed by atoms with Gasteiger partial charge in [-0.05, 0) is 41.8 Å². The molecule has 0 saturated carbocycles. The third kappa shape index (κ3) is 5.37. The number of carbonyl (C=O) groups excluding carboxylic acids is 3. The fourth-order valence-electron chi connectivity index (χ4n) is 4.11. The fraction of sp³-hybridized carbons (Fsp3) is 0.375. The van der Waals surface area contributed by atoms with Crippen LogP contribution in [0, 0.1) is 0 Å². The molecule has 4 rings (SSSR count). The zero-order valence-corrected chi connectivity index (χ0v) is 17.6. The number of halogens is 2. The van der Waals surface area contributed by atoms with Gasteiger partial charge in [-0.1, -0.05) is 24.3 Å². The summed E-state index contributed by atoms with van der Waals surface area (Å²) in [4.78, 5) is 38.1. The summed E-state index contributed by atoms with van der Waals surface area (Å²) < 4.78 is 26.6. The molecule has 1 atom stereocenters. The van der Waals surface area contributed by atoms with Gasteiger partial charge in [0.05, 0.1) is 5.92 Å². The van der Waals surface area contributed by atoms with E-state index in [-0.39, 0.29) is 30.6 Å². The number of nitrogens with zero attached hydrogens (tertiary/aromatic N) is 1. The van der Waals surface area contributed by atoms with Gasteiger partial charge in [0.1, 0.15) is 0 Å². The summed E-state index contributed by atoms with van der Waals surface area (Å²) in [5, 5.41) is 5.19. The molecule has 0 aliphatic carbocycles. The predicted molar refractivity (Wildman–Crippen MR) is 115 cm³/mol. The van der Waals surface area contributed by atoms with Crippen LogP contribution in [0.5, 0.6) is 0 Å². The lowest BCUT2D eigenvalue weighted by Crippen LogP contribution is -2.39. The monoisotopic (exact) mass is 441 g/mol. The minimum atomic E-state index is -2.56. The Balaban J connectivity index is 1.36. The molecule has 2 aliphatic rings. The Kier molecular flexibility index (Phi) is 6.32. The minimum absolute atomic E-state index is 0.120. The number of piperidine rings is 2. The maximum atomic E-state index is 13.3. The largest absolute Gasteiger partial charge is 0.322 e. The molecule has 3 amide bonds. The van der Waals surface area contributed by atoms with E-state index in [4.69, 9.17) is 0 Å². The Bertz CT molecular complexity index is 1010. The van der Waals surface area contributed by atoms with Gasteiger partial charge in [-0.3, -0.25) is 24.6 Å². The number of amides is 3. The third-order valence-corrected chi connectivity index (χ3v) is 6.00. The molecule has 0 bridgehead atoms. The lowest BCUT2D eigenvalue weighted by Gasteiger charge is -2.31. The summed E-state index contributed by atoms with van der Waals surface area (Å²) in [7, 11) is 0. The average molecular weight is 441 g/mol. The lowest BCUT2D eigenvalue weighted by molar-refractivity contribution is -0.134. The van der Waals surface area contributed by atoms with Gasteiger partial charge in [0.2, 0.25) is 11.8 Å². The lowest BCUT2D eigenvalue weighted by atomic mass is 9.90. The van der Waals surface area contributed by atoms with Crippen LogP contribution in [0.3, 0.4) is 0 Å². The van der Waals surface area contributed by atoms with Crippen molar-refractivity contribution in [3.63, 3.8) is 0 Å². The molecule has 168 valence electrons. The van der Waals surface area contributed by atoms with Crippen LogP contribution >= 0.6 is 0 Å². The first kappa shape index (κ1) is 22.1. The van der Waals surface area contributed by atoms with Gasteiger partial charge in [-0.15, -0.1) is 0 Å². The van der Waals surface area contributed by atoms with Gasteiger partial charge >= 0.3 is 0 Å². The summed E-state index contributed by atoms with van der Waals surface area (Å²) in [5.74, 6) is -3.85. The van der Waals surface area contributed by atoms with Gasteiger partial charge in [-0.2, -0.15) is 0 Å². The number of imide groups is 1. The van der Waals surface area contributed by atoms with Crippen molar-refractivity contribution in [1.29, 1.82) is 0 Å². The van der Waals surface area contributed by atoms with Crippen molar-refractivity contribution >= 4 is 23.4 Å². The topological polar surface area (TPSA) is 78.5 Å². The number of rotatable bonds is 5. The summed E-state index contributed by atoms with van der Waals surface area (Å²) in [6.07, 6.45) is 0.494. The van der Waals surface area contributed by atoms with E-state index in [1.807, 2.05) is 17.0 Å². The van der Waals surface area contributed by atoms with Crippen molar-refractivity contribution in [2.45, 2.75) is 44.1 Å². The Morgan fingerprint density at radius 2 is 1.81 bits per heavy atom. The first-order valence-corrected chi connectivity index (χ1v) is 10.7. The quantitative estimate of drug-likeness (QED) is 0.694. The van der Waals surface area contributed by atoms with E-state index in [9.17, 15) is 23.2 Å². The number of alkyl halides is 2. The van der Waals surface area contributed by atoms with Crippen LogP contribution in [0.2, 0.25) is 0 Å². The number of hydrogen-bond acceptors (Lipinski definition) is 4. The molecular weight excluding hydrogens is 416 g/mol. The maximum Gasteiger partial charge on any atom is 0.255 e. The molecule has 2 saturated heterocycles. The highest BCUT2D eigenvalue weighted by Crippen LogP contribution is 2.29. The average Bonchev–Trinajstić information content (AvgIpc) is 2.76.